The van der Waals surface area contributed by atoms with Crippen molar-refractivity contribution in [2.24, 2.45) is 0 Å². The van der Waals surface area contributed by atoms with Gasteiger partial charge in [-0.2, -0.15) is 4.98 Å². The van der Waals surface area contributed by atoms with Gasteiger partial charge < -0.3 is 14.2 Å². The fourth-order valence-electron chi connectivity index (χ4n) is 2.49. The van der Waals surface area contributed by atoms with Gasteiger partial charge in [0.15, 0.2) is 6.61 Å². The van der Waals surface area contributed by atoms with Crippen molar-refractivity contribution in [1.82, 2.24) is 15.0 Å². The van der Waals surface area contributed by atoms with E-state index in [4.69, 9.17) is 9.26 Å². The molecule has 0 aliphatic heterocycles. The predicted octanol–water partition coefficient (Wildman–Crippen LogP) is 4.16. The largest absolute Gasteiger partial charge is 0.485 e. The molecule has 2 aromatic heterocycles. The molecule has 1 atom stereocenters. The Morgan fingerprint density at radius 1 is 1.23 bits per heavy atom. The molecule has 26 heavy (non-hydrogen) atoms. The lowest BCUT2D eigenvalue weighted by Crippen LogP contribution is -2.29. The summed E-state index contributed by atoms with van der Waals surface area (Å²) in [5.41, 5.74) is 0.621. The van der Waals surface area contributed by atoms with Crippen molar-refractivity contribution in [3.05, 3.63) is 63.4 Å². The van der Waals surface area contributed by atoms with Crippen molar-refractivity contribution in [3.63, 3.8) is 0 Å². The number of aryl methyl sites for hydroxylation is 2. The zero-order valence-electron chi connectivity index (χ0n) is 15.2. The topological polar surface area (TPSA) is 68.5 Å². The van der Waals surface area contributed by atoms with Gasteiger partial charge in [0.2, 0.25) is 11.7 Å². The van der Waals surface area contributed by atoms with Gasteiger partial charge in [0.1, 0.15) is 5.75 Å². The molecule has 2 heterocycles. The van der Waals surface area contributed by atoms with Crippen LogP contribution in [0.1, 0.15) is 44.8 Å². The van der Waals surface area contributed by atoms with Gasteiger partial charge in [-0.15, -0.1) is 11.3 Å². The van der Waals surface area contributed by atoms with E-state index in [1.807, 2.05) is 14.0 Å². The molecule has 0 spiro atoms. The number of carbonyl (C=O) groups excluding carboxylic acids is 1. The Balaban J connectivity index is 1.62. The molecule has 0 N–H and O–H groups in total. The van der Waals surface area contributed by atoms with Crippen LogP contribution in [0, 0.1) is 13.8 Å². The maximum atomic E-state index is 12.7. The molecule has 6 nitrogen and oxygen atoms in total. The van der Waals surface area contributed by atoms with Crippen molar-refractivity contribution in [3.8, 4) is 5.75 Å². The summed E-state index contributed by atoms with van der Waals surface area (Å²) in [6.07, 6.45) is 0. The van der Waals surface area contributed by atoms with E-state index in [-0.39, 0.29) is 18.6 Å². The van der Waals surface area contributed by atoms with Gasteiger partial charge in [0.25, 0.3) is 5.91 Å². The second kappa shape index (κ2) is 7.70. The maximum absolute atomic E-state index is 12.7. The summed E-state index contributed by atoms with van der Waals surface area (Å²) in [5.74, 6) is 1.61. The Bertz CT molecular complexity index is 886. The Kier molecular flexibility index (Phi) is 5.37. The molecule has 0 saturated carbocycles. The van der Waals surface area contributed by atoms with Gasteiger partial charge in [-0.1, -0.05) is 5.16 Å². The lowest BCUT2D eigenvalue weighted by molar-refractivity contribution is 0.0745. The minimum Gasteiger partial charge on any atom is -0.485 e. The van der Waals surface area contributed by atoms with Crippen LogP contribution < -0.4 is 4.74 Å². The SMILES string of the molecule is Cc1nc(COc2ccc(C(=O)N(C)[C@H](C)c3ccc(C)s3)cc2)no1. The van der Waals surface area contributed by atoms with Gasteiger partial charge in [-0.25, -0.2) is 0 Å². The number of amides is 1. The molecule has 0 saturated heterocycles. The Morgan fingerprint density at radius 2 is 1.96 bits per heavy atom. The fourth-order valence-corrected chi connectivity index (χ4v) is 3.46. The summed E-state index contributed by atoms with van der Waals surface area (Å²) in [6.45, 7) is 6.05. The van der Waals surface area contributed by atoms with Gasteiger partial charge >= 0.3 is 0 Å². The molecule has 0 unspecified atom stereocenters. The second-order valence-electron chi connectivity index (χ2n) is 6.08. The lowest BCUT2D eigenvalue weighted by atomic mass is 10.1. The van der Waals surface area contributed by atoms with Gasteiger partial charge in [-0.05, 0) is 50.2 Å². The fraction of sp³-hybridized carbons (Fsp3) is 0.316. The highest BCUT2D eigenvalue weighted by Crippen LogP contribution is 2.27. The lowest BCUT2D eigenvalue weighted by Gasteiger charge is -2.24. The quantitative estimate of drug-likeness (QED) is 0.651. The van der Waals surface area contributed by atoms with E-state index < -0.39 is 0 Å². The van der Waals surface area contributed by atoms with Crippen LogP contribution in [0.25, 0.3) is 0 Å². The molecule has 1 aromatic carbocycles. The molecule has 136 valence electrons. The number of nitrogens with zero attached hydrogens (tertiary/aromatic N) is 3. The molecular weight excluding hydrogens is 350 g/mol. The molecule has 0 radical (unpaired) electrons. The highest BCUT2D eigenvalue weighted by molar-refractivity contribution is 7.12. The van der Waals surface area contributed by atoms with Crippen LogP contribution in [0.2, 0.25) is 0 Å². The average molecular weight is 371 g/mol. The van der Waals surface area contributed by atoms with Crippen LogP contribution >= 0.6 is 11.3 Å². The molecule has 7 heteroatoms. The van der Waals surface area contributed by atoms with Crippen molar-refractivity contribution < 1.29 is 14.1 Å². The number of thiophene rings is 1. The number of carbonyl (C=O) groups is 1. The number of rotatable bonds is 6. The first-order valence-electron chi connectivity index (χ1n) is 8.29. The first-order valence-corrected chi connectivity index (χ1v) is 9.11. The molecule has 1 amide bonds. The van der Waals surface area contributed by atoms with Crippen LogP contribution in [-0.2, 0) is 6.61 Å². The normalized spacial score (nSPS) is 12.0. The summed E-state index contributed by atoms with van der Waals surface area (Å²) in [7, 11) is 1.82. The van der Waals surface area contributed by atoms with Gasteiger partial charge in [-0.3, -0.25) is 4.79 Å². The zero-order chi connectivity index (χ0) is 18.7. The Morgan fingerprint density at radius 3 is 2.54 bits per heavy atom. The standard InChI is InChI=1S/C19H21N3O3S/c1-12-5-10-17(26-12)13(2)22(4)19(23)15-6-8-16(9-7-15)24-11-18-20-14(3)25-21-18/h5-10,13H,11H2,1-4H3/t13-/m1/s1. The summed E-state index contributed by atoms with van der Waals surface area (Å²) in [5, 5.41) is 3.78. The molecule has 0 aliphatic carbocycles. The Hall–Kier alpha value is -2.67. The van der Waals surface area contributed by atoms with Crippen molar-refractivity contribution in [2.45, 2.75) is 33.4 Å². The van der Waals surface area contributed by atoms with Gasteiger partial charge in [0.05, 0.1) is 6.04 Å². The third-order valence-corrected chi connectivity index (χ3v) is 5.28. The molecule has 0 bridgehead atoms. The van der Waals surface area contributed by atoms with E-state index in [1.54, 1.807) is 47.4 Å². The molecule has 3 aromatic rings. The van der Waals surface area contributed by atoms with E-state index in [9.17, 15) is 4.79 Å². The van der Waals surface area contributed by atoms with Crippen LogP contribution in [0.3, 0.4) is 0 Å². The molecule has 3 rings (SSSR count). The van der Waals surface area contributed by atoms with Crippen LogP contribution in [-0.4, -0.2) is 28.0 Å². The van der Waals surface area contributed by atoms with Crippen molar-refractivity contribution in [2.75, 3.05) is 7.05 Å². The van der Waals surface area contributed by atoms with Crippen molar-refractivity contribution >= 4 is 17.2 Å². The third kappa shape index (κ3) is 4.11. The number of ether oxygens (including phenoxy) is 1. The first-order chi connectivity index (χ1) is 12.4. The average Bonchev–Trinajstić information content (AvgIpc) is 3.26. The van der Waals surface area contributed by atoms with E-state index in [1.165, 1.54) is 9.75 Å². The minimum atomic E-state index is -0.0242. The third-order valence-electron chi connectivity index (χ3n) is 4.11. The Labute approximate surface area is 156 Å². The highest BCUT2D eigenvalue weighted by Gasteiger charge is 2.20. The van der Waals surface area contributed by atoms with Gasteiger partial charge in [0, 0.05) is 29.3 Å². The van der Waals surface area contributed by atoms with E-state index in [0.29, 0.717) is 23.0 Å². The summed E-state index contributed by atoms with van der Waals surface area (Å²) in [6, 6.07) is 11.3. The van der Waals surface area contributed by atoms with Crippen LogP contribution in [0.5, 0.6) is 5.75 Å². The minimum absolute atomic E-state index is 0.0242. The van der Waals surface area contributed by atoms with E-state index >= 15 is 0 Å². The number of hydrogen-bond donors (Lipinski definition) is 0. The number of hydrogen-bond acceptors (Lipinski definition) is 6. The summed E-state index contributed by atoms with van der Waals surface area (Å²) in [4.78, 5) is 21.0. The van der Waals surface area contributed by atoms with E-state index in [2.05, 4.69) is 29.2 Å². The smallest absolute Gasteiger partial charge is 0.254 e. The zero-order valence-corrected chi connectivity index (χ0v) is 16.0. The number of benzene rings is 1. The van der Waals surface area contributed by atoms with Crippen LogP contribution in [0.15, 0.2) is 40.9 Å². The molecule has 0 fully saturated rings. The predicted molar refractivity (Wildman–Crippen MR) is 99.4 cm³/mol. The highest BCUT2D eigenvalue weighted by atomic mass is 32.1. The van der Waals surface area contributed by atoms with Crippen molar-refractivity contribution in [1.29, 1.82) is 0 Å². The first kappa shape index (κ1) is 18.1. The van der Waals surface area contributed by atoms with Crippen LogP contribution in [0.4, 0.5) is 0 Å². The molecular formula is C19H21N3O3S. The monoisotopic (exact) mass is 371 g/mol. The summed E-state index contributed by atoms with van der Waals surface area (Å²) >= 11 is 1.71. The second-order valence-corrected chi connectivity index (χ2v) is 7.40. The molecule has 0 aliphatic rings. The van der Waals surface area contributed by atoms with E-state index in [0.717, 1.165) is 0 Å². The maximum Gasteiger partial charge on any atom is 0.254 e. The summed E-state index contributed by atoms with van der Waals surface area (Å²) < 4.78 is 10.5. The number of aromatic nitrogens is 2.